The Balaban J connectivity index is 1.11. The molecule has 0 bridgehead atoms. The summed E-state index contributed by atoms with van der Waals surface area (Å²) in [6.07, 6.45) is 3.82. The average Bonchev–Trinajstić information content (AvgIpc) is 3.29. The first-order valence-electron chi connectivity index (χ1n) is 13.1. The first kappa shape index (κ1) is 25.3. The van der Waals surface area contributed by atoms with Crippen molar-refractivity contribution in [1.29, 1.82) is 0 Å². The van der Waals surface area contributed by atoms with E-state index >= 15 is 0 Å². The van der Waals surface area contributed by atoms with E-state index in [9.17, 15) is 14.4 Å². The van der Waals surface area contributed by atoms with E-state index in [-0.39, 0.29) is 42.1 Å². The molecule has 0 aromatic heterocycles. The summed E-state index contributed by atoms with van der Waals surface area (Å²) in [6.45, 7) is 4.58. The smallest absolute Gasteiger partial charge is 0.245 e. The zero-order chi connectivity index (χ0) is 25.9. The van der Waals surface area contributed by atoms with Gasteiger partial charge in [-0.1, -0.05) is 0 Å². The molecule has 0 aliphatic carbocycles. The lowest BCUT2D eigenvalue weighted by molar-refractivity contribution is -0.136. The van der Waals surface area contributed by atoms with Crippen molar-refractivity contribution >= 4 is 23.4 Å². The number of carbonyl (C=O) groups is 3. The van der Waals surface area contributed by atoms with Gasteiger partial charge in [0.15, 0.2) is 11.6 Å². The Kier molecular flexibility index (Phi) is 7.45. The van der Waals surface area contributed by atoms with Gasteiger partial charge >= 0.3 is 0 Å². The summed E-state index contributed by atoms with van der Waals surface area (Å²) in [7, 11) is 1.60. The summed E-state index contributed by atoms with van der Waals surface area (Å²) in [5.41, 5.74) is 4.62. The summed E-state index contributed by atoms with van der Waals surface area (Å²) >= 11 is 0. The SMILES string of the molecule is COc1ccc(C(=O)C2CCN(C3CCN(CC(=O)NC4=NNC(C)C5=C4CCCO5)C3=O)CC2)cc1. The van der Waals surface area contributed by atoms with Gasteiger partial charge in [-0.3, -0.25) is 24.7 Å². The van der Waals surface area contributed by atoms with Gasteiger partial charge in [-0.2, -0.15) is 5.10 Å². The lowest BCUT2D eigenvalue weighted by Gasteiger charge is -2.34. The van der Waals surface area contributed by atoms with Crippen LogP contribution in [0.2, 0.25) is 0 Å². The van der Waals surface area contributed by atoms with Crippen molar-refractivity contribution in [2.24, 2.45) is 11.0 Å². The van der Waals surface area contributed by atoms with E-state index in [2.05, 4.69) is 20.7 Å². The molecule has 0 spiro atoms. The number of hydrogen-bond donors (Lipinski definition) is 2. The third kappa shape index (κ3) is 5.34. The van der Waals surface area contributed by atoms with Crippen LogP contribution in [0.4, 0.5) is 0 Å². The van der Waals surface area contributed by atoms with Crippen molar-refractivity contribution in [3.8, 4) is 5.75 Å². The van der Waals surface area contributed by atoms with Crippen LogP contribution in [0.25, 0.3) is 0 Å². The summed E-state index contributed by atoms with van der Waals surface area (Å²) in [6, 6.07) is 6.98. The molecule has 2 amide bonds. The van der Waals surface area contributed by atoms with Gasteiger partial charge in [0.25, 0.3) is 0 Å². The van der Waals surface area contributed by atoms with Crippen LogP contribution in [0.15, 0.2) is 40.7 Å². The molecule has 2 fully saturated rings. The minimum atomic E-state index is -0.259. The lowest BCUT2D eigenvalue weighted by atomic mass is 9.88. The quantitative estimate of drug-likeness (QED) is 0.561. The number of piperidine rings is 1. The summed E-state index contributed by atoms with van der Waals surface area (Å²) in [5.74, 6) is 1.88. The molecule has 37 heavy (non-hydrogen) atoms. The fourth-order valence-electron chi connectivity index (χ4n) is 5.68. The topological polar surface area (TPSA) is 113 Å². The monoisotopic (exact) mass is 509 g/mol. The Bertz CT molecular complexity index is 1110. The number of benzene rings is 1. The van der Waals surface area contributed by atoms with Crippen LogP contribution < -0.4 is 15.5 Å². The Morgan fingerprint density at radius 1 is 1.16 bits per heavy atom. The van der Waals surface area contributed by atoms with Crippen LogP contribution >= 0.6 is 0 Å². The molecule has 2 unspecified atom stereocenters. The first-order chi connectivity index (χ1) is 17.9. The third-order valence-electron chi connectivity index (χ3n) is 7.75. The first-order valence-corrected chi connectivity index (χ1v) is 13.1. The molecule has 5 rings (SSSR count). The number of rotatable bonds is 6. The highest BCUT2D eigenvalue weighted by Crippen LogP contribution is 2.28. The minimum Gasteiger partial charge on any atom is -0.497 e. The number of ether oxygens (including phenoxy) is 2. The number of hydrazone groups is 1. The predicted molar refractivity (Wildman–Crippen MR) is 137 cm³/mol. The van der Waals surface area contributed by atoms with Gasteiger partial charge in [0.05, 0.1) is 32.3 Å². The predicted octanol–water partition coefficient (Wildman–Crippen LogP) is 1.68. The number of likely N-dealkylation sites (tertiary alicyclic amines) is 2. The third-order valence-corrected chi connectivity index (χ3v) is 7.75. The number of Topliss-reactive ketones (excluding diaryl/α,β-unsaturated/α-hetero) is 1. The molecular formula is C27H35N5O5. The highest BCUT2D eigenvalue weighted by Gasteiger charge is 2.39. The molecule has 0 radical (unpaired) electrons. The molecule has 198 valence electrons. The molecule has 4 heterocycles. The maximum Gasteiger partial charge on any atom is 0.245 e. The molecule has 10 nitrogen and oxygen atoms in total. The lowest BCUT2D eigenvalue weighted by Crippen LogP contribution is -2.49. The normalized spacial score (nSPS) is 24.6. The summed E-state index contributed by atoms with van der Waals surface area (Å²) < 4.78 is 11.0. The number of nitrogens with zero attached hydrogens (tertiary/aromatic N) is 3. The minimum absolute atomic E-state index is 0.000200. The van der Waals surface area contributed by atoms with Gasteiger partial charge in [-0.05, 0) is 76.4 Å². The molecule has 2 atom stereocenters. The Labute approximate surface area is 217 Å². The Morgan fingerprint density at radius 3 is 2.65 bits per heavy atom. The maximum absolute atomic E-state index is 13.2. The molecule has 1 aromatic rings. The van der Waals surface area contributed by atoms with E-state index in [1.807, 2.05) is 19.1 Å². The number of methoxy groups -OCH3 is 1. The van der Waals surface area contributed by atoms with Crippen molar-refractivity contribution < 1.29 is 23.9 Å². The Hall–Kier alpha value is -3.40. The number of nitrogens with one attached hydrogen (secondary N) is 2. The molecule has 4 aliphatic heterocycles. The second kappa shape index (κ2) is 10.9. The molecule has 2 saturated heterocycles. The van der Waals surface area contributed by atoms with Gasteiger partial charge in [-0.25, -0.2) is 0 Å². The molecule has 0 saturated carbocycles. The van der Waals surface area contributed by atoms with Crippen molar-refractivity contribution in [1.82, 2.24) is 20.5 Å². The molecule has 1 aromatic carbocycles. The van der Waals surface area contributed by atoms with Crippen LogP contribution in [0, 0.1) is 5.92 Å². The van der Waals surface area contributed by atoms with Crippen LogP contribution in [0.1, 0.15) is 49.4 Å². The van der Waals surface area contributed by atoms with Gasteiger partial charge in [-0.15, -0.1) is 0 Å². The van der Waals surface area contributed by atoms with Gasteiger partial charge in [0, 0.05) is 23.6 Å². The maximum atomic E-state index is 13.2. The van der Waals surface area contributed by atoms with Crippen LogP contribution in [-0.2, 0) is 14.3 Å². The number of amides is 2. The molecule has 4 aliphatic rings. The van der Waals surface area contributed by atoms with E-state index in [1.54, 1.807) is 24.1 Å². The zero-order valence-corrected chi connectivity index (χ0v) is 21.5. The summed E-state index contributed by atoms with van der Waals surface area (Å²) in [5, 5.41) is 7.20. The van der Waals surface area contributed by atoms with Gasteiger partial charge < -0.3 is 19.7 Å². The average molecular weight is 510 g/mol. The van der Waals surface area contributed by atoms with E-state index in [0.717, 1.165) is 42.8 Å². The fraction of sp³-hybridized carbons (Fsp3) is 0.556. The highest BCUT2D eigenvalue weighted by molar-refractivity contribution is 6.09. The molecule has 2 N–H and O–H groups in total. The number of carbonyl (C=O) groups excluding carboxylic acids is 3. The van der Waals surface area contributed by atoms with Gasteiger partial charge in [0.1, 0.15) is 11.5 Å². The zero-order valence-electron chi connectivity index (χ0n) is 21.5. The molecule has 10 heteroatoms. The van der Waals surface area contributed by atoms with Crippen LogP contribution in [0.5, 0.6) is 5.75 Å². The van der Waals surface area contributed by atoms with Crippen molar-refractivity contribution in [3.63, 3.8) is 0 Å². The van der Waals surface area contributed by atoms with Crippen molar-refractivity contribution in [2.45, 2.75) is 51.1 Å². The number of amidine groups is 1. The van der Waals surface area contributed by atoms with E-state index in [1.165, 1.54) is 0 Å². The van der Waals surface area contributed by atoms with E-state index in [4.69, 9.17) is 9.47 Å². The summed E-state index contributed by atoms with van der Waals surface area (Å²) in [4.78, 5) is 42.7. The van der Waals surface area contributed by atoms with E-state index < -0.39 is 0 Å². The fourth-order valence-corrected chi connectivity index (χ4v) is 5.68. The Morgan fingerprint density at radius 2 is 1.92 bits per heavy atom. The number of ketones is 1. The second-order valence-electron chi connectivity index (χ2n) is 10.1. The number of hydrogen-bond acceptors (Lipinski definition) is 8. The largest absolute Gasteiger partial charge is 0.497 e. The van der Waals surface area contributed by atoms with Crippen LogP contribution in [-0.4, -0.2) is 85.2 Å². The highest BCUT2D eigenvalue weighted by atomic mass is 16.5. The standard InChI is InChI=1S/C27H35N5O5/c1-17-25-21(4-3-15-37-25)26(30-29-17)28-23(33)16-32-14-11-22(27(32)35)31-12-9-19(10-13-31)24(34)18-5-7-20(36-2)8-6-18/h5-8,17,19,22,29H,3-4,9-16H2,1-2H3,(H,28,30,33). The van der Waals surface area contributed by atoms with E-state index in [0.29, 0.717) is 44.1 Å². The molecular weight excluding hydrogens is 474 g/mol. The van der Waals surface area contributed by atoms with Crippen molar-refractivity contribution in [3.05, 3.63) is 41.2 Å². The van der Waals surface area contributed by atoms with Crippen LogP contribution in [0.3, 0.4) is 0 Å². The van der Waals surface area contributed by atoms with Crippen molar-refractivity contribution in [2.75, 3.05) is 39.9 Å². The second-order valence-corrected chi connectivity index (χ2v) is 10.1. The van der Waals surface area contributed by atoms with Gasteiger partial charge in [0.2, 0.25) is 11.8 Å².